The number of hydrogen-bond acceptors (Lipinski definition) is 5. The number of rotatable bonds is 4. The SMILES string of the molecule is C[C@]1(c2ccc3ccccc3c2)NC(=O)N(Cc2nnnn2-c2ccccc2)C1=O. The van der Waals surface area contributed by atoms with Crippen LogP contribution in [0, 0.1) is 0 Å². The van der Waals surface area contributed by atoms with Gasteiger partial charge in [0, 0.05) is 0 Å². The minimum atomic E-state index is -1.16. The zero-order valence-corrected chi connectivity index (χ0v) is 16.2. The van der Waals surface area contributed by atoms with Crippen LogP contribution in [-0.2, 0) is 16.9 Å². The summed E-state index contributed by atoms with van der Waals surface area (Å²) in [5, 5.41) is 16.6. The topological polar surface area (TPSA) is 93.0 Å². The molecule has 2 heterocycles. The van der Waals surface area contributed by atoms with Crippen LogP contribution in [0.4, 0.5) is 4.79 Å². The molecule has 4 aromatic rings. The third-order valence-electron chi connectivity index (χ3n) is 5.44. The molecular weight excluding hydrogens is 380 g/mol. The molecule has 30 heavy (non-hydrogen) atoms. The molecule has 0 radical (unpaired) electrons. The second-order valence-electron chi connectivity index (χ2n) is 7.35. The molecule has 148 valence electrons. The monoisotopic (exact) mass is 398 g/mol. The van der Waals surface area contributed by atoms with Crippen LogP contribution in [0.15, 0.2) is 72.8 Å². The van der Waals surface area contributed by atoms with Gasteiger partial charge in [-0.15, -0.1) is 5.10 Å². The number of benzene rings is 3. The van der Waals surface area contributed by atoms with E-state index in [2.05, 4.69) is 20.8 Å². The molecule has 1 aromatic heterocycles. The third kappa shape index (κ3) is 2.81. The van der Waals surface area contributed by atoms with Gasteiger partial charge in [-0.25, -0.2) is 4.79 Å². The number of nitrogens with zero attached hydrogens (tertiary/aromatic N) is 5. The quantitative estimate of drug-likeness (QED) is 0.534. The molecule has 5 rings (SSSR count). The average molecular weight is 398 g/mol. The molecule has 0 spiro atoms. The lowest BCUT2D eigenvalue weighted by molar-refractivity contribution is -0.131. The summed E-state index contributed by atoms with van der Waals surface area (Å²) in [6.45, 7) is 1.69. The maximum Gasteiger partial charge on any atom is 0.325 e. The normalized spacial score (nSPS) is 18.8. The lowest BCUT2D eigenvalue weighted by Gasteiger charge is -2.22. The Bertz CT molecular complexity index is 1270. The summed E-state index contributed by atoms with van der Waals surface area (Å²) in [5.74, 6) is 0.0536. The number of aromatic nitrogens is 4. The molecule has 0 saturated carbocycles. The Labute approximate surface area is 172 Å². The van der Waals surface area contributed by atoms with Crippen molar-refractivity contribution in [1.29, 1.82) is 0 Å². The Morgan fingerprint density at radius 1 is 0.933 bits per heavy atom. The van der Waals surface area contributed by atoms with E-state index in [1.54, 1.807) is 6.92 Å². The van der Waals surface area contributed by atoms with Crippen molar-refractivity contribution < 1.29 is 9.59 Å². The number of imide groups is 1. The zero-order chi connectivity index (χ0) is 20.7. The van der Waals surface area contributed by atoms with Crippen molar-refractivity contribution >= 4 is 22.7 Å². The lowest BCUT2D eigenvalue weighted by atomic mass is 9.90. The summed E-state index contributed by atoms with van der Waals surface area (Å²) < 4.78 is 1.52. The van der Waals surface area contributed by atoms with Gasteiger partial charge in [-0.05, 0) is 51.9 Å². The smallest absolute Gasteiger partial charge is 0.319 e. The van der Waals surface area contributed by atoms with E-state index >= 15 is 0 Å². The first-order chi connectivity index (χ1) is 14.6. The maximum atomic E-state index is 13.3. The van der Waals surface area contributed by atoms with E-state index in [-0.39, 0.29) is 12.5 Å². The summed E-state index contributed by atoms with van der Waals surface area (Å²) in [4.78, 5) is 27.2. The molecule has 1 saturated heterocycles. The van der Waals surface area contributed by atoms with Crippen LogP contribution in [0.5, 0.6) is 0 Å². The van der Waals surface area contributed by atoms with Gasteiger partial charge in [0.15, 0.2) is 5.82 Å². The van der Waals surface area contributed by atoms with Gasteiger partial charge in [0.2, 0.25) is 0 Å². The number of urea groups is 1. The van der Waals surface area contributed by atoms with Gasteiger partial charge in [-0.2, -0.15) is 4.68 Å². The molecule has 8 nitrogen and oxygen atoms in total. The molecule has 1 atom stereocenters. The molecule has 3 aromatic carbocycles. The van der Waals surface area contributed by atoms with Gasteiger partial charge in [0.25, 0.3) is 5.91 Å². The van der Waals surface area contributed by atoms with E-state index in [1.807, 2.05) is 72.8 Å². The number of hydrogen-bond donors (Lipinski definition) is 1. The number of fused-ring (bicyclic) bond motifs is 1. The molecule has 3 amide bonds. The first-order valence-corrected chi connectivity index (χ1v) is 9.52. The fourth-order valence-electron chi connectivity index (χ4n) is 3.75. The predicted octanol–water partition coefficient (Wildman–Crippen LogP) is 2.78. The Kier molecular flexibility index (Phi) is 4.06. The number of tetrazole rings is 1. The highest BCUT2D eigenvalue weighted by Crippen LogP contribution is 2.31. The highest BCUT2D eigenvalue weighted by Gasteiger charge is 2.49. The predicted molar refractivity (Wildman–Crippen MR) is 110 cm³/mol. The van der Waals surface area contributed by atoms with Crippen LogP contribution in [0.1, 0.15) is 18.3 Å². The van der Waals surface area contributed by atoms with Gasteiger partial charge < -0.3 is 5.32 Å². The summed E-state index contributed by atoms with van der Waals surface area (Å²) in [6.07, 6.45) is 0. The van der Waals surface area contributed by atoms with Crippen molar-refractivity contribution in [3.63, 3.8) is 0 Å². The fourth-order valence-corrected chi connectivity index (χ4v) is 3.75. The Balaban J connectivity index is 1.47. The Hall–Kier alpha value is -4.07. The van der Waals surface area contributed by atoms with Crippen molar-refractivity contribution in [3.8, 4) is 5.69 Å². The minimum Gasteiger partial charge on any atom is -0.319 e. The van der Waals surface area contributed by atoms with Crippen molar-refractivity contribution in [1.82, 2.24) is 30.4 Å². The molecule has 8 heteroatoms. The minimum absolute atomic E-state index is 0.0320. The standard InChI is InChI=1S/C22H18N6O2/c1-22(17-12-11-15-7-5-6-8-16(15)13-17)20(29)27(21(30)23-22)14-19-24-25-26-28(19)18-9-3-2-4-10-18/h2-13H,14H2,1H3,(H,23,30)/t22-/m1/s1. The Morgan fingerprint density at radius 2 is 1.67 bits per heavy atom. The van der Waals surface area contributed by atoms with E-state index in [0.717, 1.165) is 26.9 Å². The van der Waals surface area contributed by atoms with E-state index in [4.69, 9.17) is 0 Å². The molecule has 1 N–H and O–H groups in total. The van der Waals surface area contributed by atoms with Crippen LogP contribution >= 0.6 is 0 Å². The second-order valence-corrected chi connectivity index (χ2v) is 7.35. The molecule has 0 aliphatic carbocycles. The van der Waals surface area contributed by atoms with Crippen LogP contribution in [-0.4, -0.2) is 37.0 Å². The highest BCUT2D eigenvalue weighted by atomic mass is 16.2. The van der Waals surface area contributed by atoms with E-state index in [9.17, 15) is 9.59 Å². The van der Waals surface area contributed by atoms with Crippen LogP contribution in [0.3, 0.4) is 0 Å². The molecule has 0 bridgehead atoms. The van der Waals surface area contributed by atoms with Crippen LogP contribution < -0.4 is 5.32 Å². The number of carbonyl (C=O) groups excluding carboxylic acids is 2. The molecular formula is C22H18N6O2. The van der Waals surface area contributed by atoms with Crippen molar-refractivity contribution in [3.05, 3.63) is 84.2 Å². The number of amides is 3. The van der Waals surface area contributed by atoms with Gasteiger partial charge >= 0.3 is 6.03 Å². The number of para-hydroxylation sites is 1. The van der Waals surface area contributed by atoms with Gasteiger partial charge in [0.05, 0.1) is 12.2 Å². The van der Waals surface area contributed by atoms with Crippen LogP contribution in [0.25, 0.3) is 16.5 Å². The largest absolute Gasteiger partial charge is 0.325 e. The number of carbonyl (C=O) groups is 2. The van der Waals surface area contributed by atoms with E-state index in [0.29, 0.717) is 5.82 Å². The van der Waals surface area contributed by atoms with Crippen molar-refractivity contribution in [2.75, 3.05) is 0 Å². The van der Waals surface area contributed by atoms with Crippen molar-refractivity contribution in [2.24, 2.45) is 0 Å². The summed E-state index contributed by atoms with van der Waals surface area (Å²) in [7, 11) is 0. The lowest BCUT2D eigenvalue weighted by Crippen LogP contribution is -2.40. The first-order valence-electron chi connectivity index (χ1n) is 9.52. The van der Waals surface area contributed by atoms with E-state index < -0.39 is 11.6 Å². The van der Waals surface area contributed by atoms with Gasteiger partial charge in [-0.1, -0.05) is 54.6 Å². The van der Waals surface area contributed by atoms with E-state index in [1.165, 1.54) is 4.68 Å². The van der Waals surface area contributed by atoms with Gasteiger partial charge in [0.1, 0.15) is 5.54 Å². The molecule has 1 aliphatic heterocycles. The molecule has 1 aliphatic rings. The zero-order valence-electron chi connectivity index (χ0n) is 16.2. The molecule has 0 unspecified atom stereocenters. The molecule has 1 fully saturated rings. The first kappa shape index (κ1) is 18.0. The summed E-state index contributed by atoms with van der Waals surface area (Å²) in [5.41, 5.74) is 0.318. The van der Waals surface area contributed by atoms with Crippen LogP contribution in [0.2, 0.25) is 0 Å². The third-order valence-corrected chi connectivity index (χ3v) is 5.44. The number of nitrogens with one attached hydrogen (secondary N) is 1. The maximum absolute atomic E-state index is 13.3. The van der Waals surface area contributed by atoms with Crippen molar-refractivity contribution in [2.45, 2.75) is 19.0 Å². The van der Waals surface area contributed by atoms with Gasteiger partial charge in [-0.3, -0.25) is 9.69 Å². The summed E-state index contributed by atoms with van der Waals surface area (Å²) in [6, 6.07) is 22.5. The second kappa shape index (κ2) is 6.77. The average Bonchev–Trinajstić information content (AvgIpc) is 3.33. The Morgan fingerprint density at radius 3 is 2.47 bits per heavy atom. The summed E-state index contributed by atoms with van der Waals surface area (Å²) >= 11 is 0. The fraction of sp³-hybridized carbons (Fsp3) is 0.136. The highest BCUT2D eigenvalue weighted by molar-refractivity contribution is 6.07.